The number of nitrogens with zero attached hydrogens (tertiary/aromatic N) is 2. The Morgan fingerprint density at radius 2 is 1.82 bits per heavy atom. The predicted octanol–water partition coefficient (Wildman–Crippen LogP) is 7.33. The molecule has 116 valence electrons. The molecule has 22 heavy (non-hydrogen) atoms. The van der Waals surface area contributed by atoms with Gasteiger partial charge in [-0.3, -0.25) is 0 Å². The molecule has 2 rings (SSSR count). The van der Waals surface area contributed by atoms with E-state index in [0.717, 1.165) is 15.0 Å². The second kappa shape index (κ2) is 7.97. The average Bonchev–Trinajstić information content (AvgIpc) is 2.93. The summed E-state index contributed by atoms with van der Waals surface area (Å²) in [5.74, 6) is 0. The van der Waals surface area contributed by atoms with Crippen molar-refractivity contribution in [2.24, 2.45) is 0 Å². The van der Waals surface area contributed by atoms with Crippen molar-refractivity contribution in [3.05, 3.63) is 48.8 Å². The van der Waals surface area contributed by atoms with Gasteiger partial charge in [0.05, 0.1) is 17.6 Å². The van der Waals surface area contributed by atoms with Crippen molar-refractivity contribution >= 4 is 64.5 Å². The van der Waals surface area contributed by atoms with Crippen LogP contribution in [0.25, 0.3) is 9.69 Å². The lowest BCUT2D eigenvalue weighted by atomic mass is 10.4. The Bertz CT molecular complexity index is 741. The highest BCUT2D eigenvalue weighted by atomic mass is 79.9. The van der Waals surface area contributed by atoms with Crippen LogP contribution >= 0.6 is 54.5 Å². The quantitative estimate of drug-likeness (QED) is 0.396. The average molecular weight is 474 g/mol. The van der Waals surface area contributed by atoms with Crippen molar-refractivity contribution < 1.29 is 17.9 Å². The molecule has 0 saturated heterocycles. The number of rotatable bonds is 1. The van der Waals surface area contributed by atoms with Crippen molar-refractivity contribution in [2.45, 2.75) is 13.3 Å². The van der Waals surface area contributed by atoms with Crippen LogP contribution in [0.5, 0.6) is 5.06 Å². The van der Waals surface area contributed by atoms with Crippen LogP contribution in [0.15, 0.2) is 20.4 Å². The Kier molecular flexibility index (Phi) is 6.88. The highest BCUT2D eigenvalue weighted by Crippen LogP contribution is 2.42. The van der Waals surface area contributed by atoms with Crippen molar-refractivity contribution in [1.29, 1.82) is 0 Å². The number of hydrogen-bond acceptors (Lipinski definition) is 3. The first-order chi connectivity index (χ1) is 10.2. The third-order valence-corrected chi connectivity index (χ3v) is 5.88. The lowest BCUT2D eigenvalue weighted by Crippen LogP contribution is -2.16. The second-order valence-corrected chi connectivity index (χ2v) is 7.07. The normalized spacial score (nSPS) is 10.2. The lowest BCUT2D eigenvalue weighted by molar-refractivity contribution is -0.273. The molecule has 0 spiro atoms. The Morgan fingerprint density at radius 3 is 2.14 bits per heavy atom. The van der Waals surface area contributed by atoms with E-state index in [1.165, 1.54) is 17.4 Å². The van der Waals surface area contributed by atoms with Gasteiger partial charge in [-0.25, -0.2) is 9.69 Å². The number of halogens is 5. The van der Waals surface area contributed by atoms with E-state index in [2.05, 4.69) is 46.3 Å². The third-order valence-electron chi connectivity index (χ3n) is 2.02. The van der Waals surface area contributed by atoms with E-state index in [1.54, 1.807) is 0 Å². The molecule has 0 aliphatic heterocycles. The fourth-order valence-electron chi connectivity index (χ4n) is 1.07. The molecule has 0 bridgehead atoms. The number of alkyl halides is 3. The summed E-state index contributed by atoms with van der Waals surface area (Å²) in [6.45, 7) is 15.2. The van der Waals surface area contributed by atoms with E-state index in [-0.39, 0.29) is 14.5 Å². The first-order valence-corrected chi connectivity index (χ1v) is 8.49. The largest absolute Gasteiger partial charge is 0.573 e. The SMILES string of the molecule is [C-]#[N+]c1cc(Br)c(OC(F)(F)F)s1.[C-]#[N+]c1scc(Br)c1C. The van der Waals surface area contributed by atoms with Gasteiger partial charge >= 0.3 is 6.36 Å². The van der Waals surface area contributed by atoms with Crippen molar-refractivity contribution in [1.82, 2.24) is 0 Å². The molecule has 2 aromatic rings. The molecule has 10 heteroatoms. The Balaban J connectivity index is 0.000000235. The summed E-state index contributed by atoms with van der Waals surface area (Å²) in [5, 5.41) is 2.51. The van der Waals surface area contributed by atoms with E-state index >= 15 is 0 Å². The smallest absolute Gasteiger partial charge is 0.396 e. The number of thiophene rings is 2. The molecular formula is C12H5Br2F3N2OS2. The Labute approximate surface area is 149 Å². The summed E-state index contributed by atoms with van der Waals surface area (Å²) >= 11 is 8.29. The predicted molar refractivity (Wildman–Crippen MR) is 88.0 cm³/mol. The van der Waals surface area contributed by atoms with E-state index in [0.29, 0.717) is 11.3 Å². The van der Waals surface area contributed by atoms with E-state index in [4.69, 9.17) is 13.1 Å². The summed E-state index contributed by atoms with van der Waals surface area (Å²) < 4.78 is 40.0. The van der Waals surface area contributed by atoms with Gasteiger partial charge in [-0.15, -0.1) is 24.5 Å². The monoisotopic (exact) mass is 472 g/mol. The topological polar surface area (TPSA) is 17.9 Å². The molecule has 0 aliphatic rings. The molecule has 0 radical (unpaired) electrons. The van der Waals surface area contributed by atoms with E-state index in [1.807, 2.05) is 12.3 Å². The molecule has 0 amide bonds. The van der Waals surface area contributed by atoms with Gasteiger partial charge in [0.25, 0.3) is 0 Å². The summed E-state index contributed by atoms with van der Waals surface area (Å²) in [6, 6.07) is 1.28. The molecule has 2 heterocycles. The van der Waals surface area contributed by atoms with Crippen LogP contribution in [0, 0.1) is 20.1 Å². The van der Waals surface area contributed by atoms with Crippen LogP contribution in [0.2, 0.25) is 0 Å². The van der Waals surface area contributed by atoms with Crippen molar-refractivity contribution in [3.8, 4) is 5.06 Å². The molecule has 3 nitrogen and oxygen atoms in total. The van der Waals surface area contributed by atoms with Crippen molar-refractivity contribution in [2.75, 3.05) is 0 Å². The van der Waals surface area contributed by atoms with E-state index in [9.17, 15) is 13.2 Å². The fourth-order valence-corrected chi connectivity index (χ4v) is 3.79. The van der Waals surface area contributed by atoms with Gasteiger partial charge in [0.2, 0.25) is 10.0 Å². The second-order valence-electron chi connectivity index (χ2n) is 3.51. The fraction of sp³-hybridized carbons (Fsp3) is 0.167. The summed E-state index contributed by atoms with van der Waals surface area (Å²) in [6.07, 6.45) is -4.72. The van der Waals surface area contributed by atoms with Gasteiger partial charge < -0.3 is 4.74 Å². The summed E-state index contributed by atoms with van der Waals surface area (Å²) in [5.41, 5.74) is 1.05. The minimum Gasteiger partial charge on any atom is -0.396 e. The summed E-state index contributed by atoms with van der Waals surface area (Å²) in [7, 11) is 0. The highest BCUT2D eigenvalue weighted by molar-refractivity contribution is 9.11. The maximum atomic E-state index is 11.7. The minimum absolute atomic E-state index is 0.140. The standard InChI is InChI=1S/C6HBrF3NOS.C6H4BrNS/c1-11-4-2-3(7)5(13-4)12-6(8,9)10;1-4-5(7)3-9-6(4)8-2/h2H;3H,1H3. The Hall–Kier alpha value is -1.07. The van der Waals surface area contributed by atoms with Gasteiger partial charge in [0, 0.05) is 4.47 Å². The van der Waals surface area contributed by atoms with Gasteiger partial charge in [-0.1, -0.05) is 15.9 Å². The van der Waals surface area contributed by atoms with Crippen LogP contribution in [-0.4, -0.2) is 6.36 Å². The molecule has 0 aromatic carbocycles. The molecular weight excluding hydrogens is 469 g/mol. The molecule has 2 aromatic heterocycles. The van der Waals surface area contributed by atoms with Crippen LogP contribution in [-0.2, 0) is 0 Å². The highest BCUT2D eigenvalue weighted by Gasteiger charge is 2.32. The van der Waals surface area contributed by atoms with Gasteiger partial charge in [-0.05, 0) is 39.9 Å². The zero-order valence-corrected chi connectivity index (χ0v) is 15.5. The number of ether oxygens (including phenoxy) is 1. The molecule has 0 N–H and O–H groups in total. The van der Waals surface area contributed by atoms with Gasteiger partial charge in [0.1, 0.15) is 0 Å². The van der Waals surface area contributed by atoms with Crippen LogP contribution in [0.3, 0.4) is 0 Å². The minimum atomic E-state index is -4.72. The molecule has 0 fully saturated rings. The van der Waals surface area contributed by atoms with Crippen LogP contribution < -0.4 is 4.74 Å². The molecule has 0 aliphatic carbocycles. The Morgan fingerprint density at radius 1 is 1.18 bits per heavy atom. The van der Waals surface area contributed by atoms with Gasteiger partial charge in [-0.2, -0.15) is 11.3 Å². The first kappa shape index (κ1) is 19.0. The van der Waals surface area contributed by atoms with Gasteiger partial charge in [0.15, 0.2) is 5.06 Å². The molecule has 0 unspecified atom stereocenters. The zero-order chi connectivity index (χ0) is 16.9. The first-order valence-electron chi connectivity index (χ1n) is 5.21. The zero-order valence-electron chi connectivity index (χ0n) is 10.7. The number of hydrogen-bond donors (Lipinski definition) is 0. The third kappa shape index (κ3) is 5.61. The van der Waals surface area contributed by atoms with E-state index < -0.39 is 6.36 Å². The van der Waals surface area contributed by atoms with Crippen LogP contribution in [0.4, 0.5) is 23.2 Å². The summed E-state index contributed by atoms with van der Waals surface area (Å²) in [4.78, 5) is 6.30. The molecule has 0 saturated carbocycles. The van der Waals surface area contributed by atoms with Crippen LogP contribution in [0.1, 0.15) is 5.56 Å². The maximum absolute atomic E-state index is 11.7. The lowest BCUT2D eigenvalue weighted by Gasteiger charge is -2.06. The van der Waals surface area contributed by atoms with Crippen molar-refractivity contribution in [3.63, 3.8) is 0 Å². The maximum Gasteiger partial charge on any atom is 0.573 e. The molecule has 0 atom stereocenters.